The highest BCUT2D eigenvalue weighted by Gasteiger charge is 2.40. The third-order valence-corrected chi connectivity index (χ3v) is 6.65. The number of rotatable bonds is 1. The molecule has 0 aromatic heterocycles. The Hall–Kier alpha value is -3.73. The smallest absolute Gasteiger partial charge is 0.416 e. The third kappa shape index (κ3) is 2.81. The quantitative estimate of drug-likeness (QED) is 0.257. The van der Waals surface area contributed by atoms with Crippen molar-refractivity contribution < 1.29 is 17.9 Å². The van der Waals surface area contributed by atoms with Gasteiger partial charge in [0.25, 0.3) is 0 Å². The van der Waals surface area contributed by atoms with Gasteiger partial charge in [-0.2, -0.15) is 13.2 Å². The number of halogens is 3. The van der Waals surface area contributed by atoms with Crippen molar-refractivity contribution >= 4 is 17.1 Å². The van der Waals surface area contributed by atoms with E-state index in [9.17, 15) is 13.2 Å². The molecule has 0 fully saturated rings. The average molecular weight is 443 g/mol. The molecule has 0 radical (unpaired) electrons. The Morgan fingerprint density at radius 1 is 0.697 bits per heavy atom. The van der Waals surface area contributed by atoms with Gasteiger partial charge in [0.15, 0.2) is 11.5 Å². The number of para-hydroxylation sites is 2. The highest BCUT2D eigenvalue weighted by atomic mass is 19.4. The highest BCUT2D eigenvalue weighted by molar-refractivity contribution is 5.93. The van der Waals surface area contributed by atoms with Gasteiger partial charge in [-0.05, 0) is 58.7 Å². The molecule has 5 heteroatoms. The maximum atomic E-state index is 13.6. The third-order valence-electron chi connectivity index (χ3n) is 6.65. The van der Waals surface area contributed by atoms with Crippen LogP contribution in [0, 0.1) is 0 Å². The molecule has 33 heavy (non-hydrogen) atoms. The van der Waals surface area contributed by atoms with Gasteiger partial charge in [-0.3, -0.25) is 0 Å². The second-order valence-corrected chi connectivity index (χ2v) is 8.96. The van der Waals surface area contributed by atoms with E-state index in [2.05, 4.69) is 32.0 Å². The molecule has 2 nitrogen and oxygen atoms in total. The van der Waals surface area contributed by atoms with Crippen LogP contribution in [0.25, 0.3) is 11.1 Å². The lowest BCUT2D eigenvalue weighted by Gasteiger charge is -2.36. The summed E-state index contributed by atoms with van der Waals surface area (Å²) in [5.74, 6) is 1.00. The van der Waals surface area contributed by atoms with Gasteiger partial charge in [0.2, 0.25) is 0 Å². The van der Waals surface area contributed by atoms with E-state index in [1.54, 1.807) is 0 Å². The van der Waals surface area contributed by atoms with Gasteiger partial charge < -0.3 is 9.64 Å². The van der Waals surface area contributed by atoms with E-state index in [-0.39, 0.29) is 5.41 Å². The topological polar surface area (TPSA) is 12.5 Å². The van der Waals surface area contributed by atoms with Gasteiger partial charge in [-0.25, -0.2) is 0 Å². The number of alkyl halides is 3. The van der Waals surface area contributed by atoms with E-state index in [0.29, 0.717) is 22.9 Å². The monoisotopic (exact) mass is 443 g/mol. The fraction of sp³-hybridized carbons (Fsp3) is 0.143. The second kappa shape index (κ2) is 6.64. The zero-order chi connectivity index (χ0) is 23.0. The molecule has 4 aromatic carbocycles. The fourth-order valence-electron chi connectivity index (χ4n) is 5.20. The van der Waals surface area contributed by atoms with Gasteiger partial charge in [0.05, 0.1) is 22.6 Å². The van der Waals surface area contributed by atoms with E-state index >= 15 is 0 Å². The Balaban J connectivity index is 1.66. The molecule has 0 spiro atoms. The van der Waals surface area contributed by atoms with Crippen LogP contribution in [0.5, 0.6) is 11.5 Å². The Kier molecular flexibility index (Phi) is 4.01. The molecule has 1 aliphatic carbocycles. The van der Waals surface area contributed by atoms with Gasteiger partial charge in [-0.1, -0.05) is 62.4 Å². The van der Waals surface area contributed by atoms with E-state index < -0.39 is 11.7 Å². The summed E-state index contributed by atoms with van der Waals surface area (Å²) in [4.78, 5) is 1.91. The molecule has 2 aliphatic rings. The molecular weight excluding hydrogens is 423 g/mol. The summed E-state index contributed by atoms with van der Waals surface area (Å²) in [6.45, 7) is 4.33. The number of fused-ring (bicyclic) bond motifs is 5. The highest BCUT2D eigenvalue weighted by Crippen LogP contribution is 2.57. The number of hydrogen-bond donors (Lipinski definition) is 0. The molecular formula is C28H20F3NO. The van der Waals surface area contributed by atoms with Crippen LogP contribution >= 0.6 is 0 Å². The first-order valence-corrected chi connectivity index (χ1v) is 10.8. The van der Waals surface area contributed by atoms with Crippen LogP contribution < -0.4 is 9.64 Å². The predicted molar refractivity (Wildman–Crippen MR) is 124 cm³/mol. The lowest BCUT2D eigenvalue weighted by atomic mass is 9.81. The summed E-state index contributed by atoms with van der Waals surface area (Å²) >= 11 is 0. The van der Waals surface area contributed by atoms with Crippen molar-refractivity contribution in [3.05, 3.63) is 102 Å². The Morgan fingerprint density at radius 3 is 2.18 bits per heavy atom. The fourth-order valence-corrected chi connectivity index (χ4v) is 5.20. The minimum absolute atomic E-state index is 0.322. The van der Waals surface area contributed by atoms with E-state index in [1.165, 1.54) is 17.7 Å². The SMILES string of the molecule is CC1(C)c2ccccc2-c2cccc(N3c4ccccc4Oc4ccc(C(F)(F)F)cc43)c21. The summed E-state index contributed by atoms with van der Waals surface area (Å²) in [6, 6.07) is 25.4. The number of anilines is 3. The minimum atomic E-state index is -4.45. The van der Waals surface area contributed by atoms with Gasteiger partial charge in [0.1, 0.15) is 0 Å². The largest absolute Gasteiger partial charge is 0.453 e. The normalized spacial score (nSPS) is 15.2. The van der Waals surface area contributed by atoms with Crippen molar-refractivity contribution in [2.45, 2.75) is 25.4 Å². The molecule has 0 N–H and O–H groups in total. The maximum Gasteiger partial charge on any atom is 0.416 e. The van der Waals surface area contributed by atoms with Crippen LogP contribution in [0.2, 0.25) is 0 Å². The number of ether oxygens (including phenoxy) is 1. The Morgan fingerprint density at radius 2 is 1.36 bits per heavy atom. The van der Waals surface area contributed by atoms with Crippen molar-refractivity contribution in [3.63, 3.8) is 0 Å². The predicted octanol–water partition coefficient (Wildman–Crippen LogP) is 8.59. The zero-order valence-corrected chi connectivity index (χ0v) is 18.1. The second-order valence-electron chi connectivity index (χ2n) is 8.96. The first-order valence-electron chi connectivity index (χ1n) is 10.8. The lowest BCUT2D eigenvalue weighted by Crippen LogP contribution is -2.23. The summed E-state index contributed by atoms with van der Waals surface area (Å²) in [7, 11) is 0. The van der Waals surface area contributed by atoms with Gasteiger partial charge in [-0.15, -0.1) is 0 Å². The van der Waals surface area contributed by atoms with Crippen LogP contribution in [0.15, 0.2) is 84.9 Å². The Bertz CT molecular complexity index is 1420. The molecule has 4 aromatic rings. The standard InChI is InChI=1S/C28H20F3NO/c1-27(2)20-10-4-3-8-18(20)19-9-7-12-22(26(19)27)32-21-11-5-6-13-24(21)33-25-15-14-17(16-23(25)32)28(29,30)31/h3-16H,1-2H3. The minimum Gasteiger partial charge on any atom is -0.453 e. The van der Waals surface area contributed by atoms with Crippen molar-refractivity contribution in [1.29, 1.82) is 0 Å². The lowest BCUT2D eigenvalue weighted by molar-refractivity contribution is -0.137. The molecule has 0 unspecified atom stereocenters. The first-order chi connectivity index (χ1) is 15.8. The van der Waals surface area contributed by atoms with Crippen LogP contribution in [0.4, 0.5) is 30.2 Å². The van der Waals surface area contributed by atoms with E-state index in [1.807, 2.05) is 53.4 Å². The van der Waals surface area contributed by atoms with Crippen molar-refractivity contribution in [3.8, 4) is 22.6 Å². The molecule has 0 amide bonds. The van der Waals surface area contributed by atoms with E-state index in [0.717, 1.165) is 28.4 Å². The number of benzene rings is 4. The summed E-state index contributed by atoms with van der Waals surface area (Å²) < 4.78 is 47.0. The van der Waals surface area contributed by atoms with E-state index in [4.69, 9.17) is 4.74 Å². The molecule has 0 atom stereocenters. The molecule has 1 aliphatic heterocycles. The molecule has 1 heterocycles. The first kappa shape index (κ1) is 19.9. The Labute approximate surface area is 189 Å². The summed E-state index contributed by atoms with van der Waals surface area (Å²) in [5.41, 5.74) is 5.47. The summed E-state index contributed by atoms with van der Waals surface area (Å²) in [6.07, 6.45) is -4.45. The molecule has 6 rings (SSSR count). The van der Waals surface area contributed by atoms with Crippen LogP contribution in [0.3, 0.4) is 0 Å². The van der Waals surface area contributed by atoms with Crippen molar-refractivity contribution in [2.75, 3.05) is 4.90 Å². The van der Waals surface area contributed by atoms with Crippen molar-refractivity contribution in [2.24, 2.45) is 0 Å². The van der Waals surface area contributed by atoms with Crippen molar-refractivity contribution in [1.82, 2.24) is 0 Å². The van der Waals surface area contributed by atoms with Gasteiger partial charge in [0, 0.05) is 5.41 Å². The van der Waals surface area contributed by atoms with Crippen LogP contribution in [-0.4, -0.2) is 0 Å². The number of nitrogens with zero attached hydrogens (tertiary/aromatic N) is 1. The molecule has 164 valence electrons. The van der Waals surface area contributed by atoms with Crippen LogP contribution in [0.1, 0.15) is 30.5 Å². The molecule has 0 bridgehead atoms. The summed E-state index contributed by atoms with van der Waals surface area (Å²) in [5, 5.41) is 0. The molecule has 0 saturated heterocycles. The number of hydrogen-bond acceptors (Lipinski definition) is 2. The average Bonchev–Trinajstić information content (AvgIpc) is 3.04. The van der Waals surface area contributed by atoms with Crippen LogP contribution in [-0.2, 0) is 11.6 Å². The van der Waals surface area contributed by atoms with Gasteiger partial charge >= 0.3 is 6.18 Å². The zero-order valence-electron chi connectivity index (χ0n) is 18.1. The maximum absolute atomic E-state index is 13.6. The molecule has 0 saturated carbocycles.